The van der Waals surface area contributed by atoms with E-state index in [1.807, 2.05) is 62.4 Å². The molecular weight excluding hydrogens is 430 g/mol. The standard InChI is InChI=1S/C27H31N3O4/c1-3-34-27(33)21-12-15-29(16-13-21)25(22-11-7-8-14-28-22)24-23(31)17-19(2)30(26(24)32)18-20-9-5-4-6-10-20/h4-11,14,17,21,25,31H,3,12-13,15-16,18H2,1-2H3/t25-/m0/s1. The Kier molecular flexibility index (Phi) is 7.43. The molecule has 1 aromatic carbocycles. The van der Waals surface area contributed by atoms with Crippen molar-refractivity contribution < 1.29 is 14.6 Å². The number of rotatable bonds is 7. The lowest BCUT2D eigenvalue weighted by Gasteiger charge is -2.37. The van der Waals surface area contributed by atoms with Crippen molar-refractivity contribution in [2.24, 2.45) is 5.92 Å². The molecule has 4 rings (SSSR count). The van der Waals surface area contributed by atoms with Crippen molar-refractivity contribution >= 4 is 5.97 Å². The van der Waals surface area contributed by atoms with Gasteiger partial charge >= 0.3 is 5.97 Å². The largest absolute Gasteiger partial charge is 0.507 e. The molecule has 1 saturated heterocycles. The number of nitrogens with zero attached hydrogens (tertiary/aromatic N) is 3. The molecule has 1 atom stereocenters. The number of carbonyl (C=O) groups excluding carboxylic acids is 1. The van der Waals surface area contributed by atoms with Gasteiger partial charge in [0, 0.05) is 11.9 Å². The highest BCUT2D eigenvalue weighted by Crippen LogP contribution is 2.34. The summed E-state index contributed by atoms with van der Waals surface area (Å²) < 4.78 is 6.91. The van der Waals surface area contributed by atoms with Crippen molar-refractivity contribution in [3.8, 4) is 5.75 Å². The number of piperidine rings is 1. The van der Waals surface area contributed by atoms with E-state index in [1.165, 1.54) is 0 Å². The normalized spacial score (nSPS) is 15.7. The Bertz CT molecular complexity index is 1170. The number of aromatic nitrogens is 2. The first-order valence-corrected chi connectivity index (χ1v) is 11.8. The Morgan fingerprint density at radius 2 is 1.85 bits per heavy atom. The van der Waals surface area contributed by atoms with Crippen LogP contribution >= 0.6 is 0 Å². The smallest absolute Gasteiger partial charge is 0.309 e. The van der Waals surface area contributed by atoms with Gasteiger partial charge in [0.1, 0.15) is 5.75 Å². The van der Waals surface area contributed by atoms with Gasteiger partial charge in [-0.1, -0.05) is 36.4 Å². The van der Waals surface area contributed by atoms with Crippen LogP contribution in [0.4, 0.5) is 0 Å². The van der Waals surface area contributed by atoms with Gasteiger partial charge in [0.2, 0.25) is 0 Å². The topological polar surface area (TPSA) is 84.7 Å². The van der Waals surface area contributed by atoms with Crippen molar-refractivity contribution in [1.29, 1.82) is 0 Å². The first kappa shape index (κ1) is 23.7. The number of hydrogen-bond donors (Lipinski definition) is 1. The lowest BCUT2D eigenvalue weighted by atomic mass is 9.93. The number of likely N-dealkylation sites (tertiary alicyclic amines) is 1. The summed E-state index contributed by atoms with van der Waals surface area (Å²) in [6, 6.07) is 16.5. The molecule has 178 valence electrons. The highest BCUT2D eigenvalue weighted by atomic mass is 16.5. The van der Waals surface area contributed by atoms with Crippen LogP contribution in [0.15, 0.2) is 65.6 Å². The maximum Gasteiger partial charge on any atom is 0.309 e. The molecule has 0 aliphatic carbocycles. The Balaban J connectivity index is 1.72. The second-order valence-electron chi connectivity index (χ2n) is 8.68. The molecule has 7 heteroatoms. The fourth-order valence-electron chi connectivity index (χ4n) is 4.70. The second kappa shape index (κ2) is 10.7. The van der Waals surface area contributed by atoms with Gasteiger partial charge in [-0.2, -0.15) is 0 Å². The number of benzene rings is 1. The Hall–Kier alpha value is -3.45. The Morgan fingerprint density at radius 1 is 1.15 bits per heavy atom. The molecule has 0 saturated carbocycles. The number of aromatic hydroxyl groups is 1. The summed E-state index contributed by atoms with van der Waals surface area (Å²) in [5, 5.41) is 11.0. The predicted octanol–water partition coefficient (Wildman–Crippen LogP) is 3.67. The van der Waals surface area contributed by atoms with Crippen molar-refractivity contribution in [1.82, 2.24) is 14.5 Å². The molecule has 1 aliphatic heterocycles. The third-order valence-electron chi connectivity index (χ3n) is 6.46. The quantitative estimate of drug-likeness (QED) is 0.541. The molecule has 34 heavy (non-hydrogen) atoms. The molecule has 1 N–H and O–H groups in total. The second-order valence-corrected chi connectivity index (χ2v) is 8.68. The fraction of sp³-hybridized carbons (Fsp3) is 0.370. The molecule has 0 bridgehead atoms. The average Bonchev–Trinajstić information content (AvgIpc) is 2.86. The van der Waals surface area contributed by atoms with E-state index in [9.17, 15) is 14.7 Å². The summed E-state index contributed by atoms with van der Waals surface area (Å²) in [7, 11) is 0. The van der Waals surface area contributed by atoms with Gasteiger partial charge in [0.05, 0.1) is 36.4 Å². The minimum atomic E-state index is -0.514. The number of aryl methyl sites for hydroxylation is 1. The van der Waals surface area contributed by atoms with Crippen LogP contribution in [0, 0.1) is 12.8 Å². The lowest BCUT2D eigenvalue weighted by Crippen LogP contribution is -2.42. The molecule has 3 aromatic rings. The molecule has 0 spiro atoms. The third-order valence-corrected chi connectivity index (χ3v) is 6.46. The summed E-state index contributed by atoms with van der Waals surface area (Å²) in [5.74, 6) is -0.350. The van der Waals surface area contributed by atoms with Crippen LogP contribution in [0.5, 0.6) is 5.75 Å². The Labute approximate surface area is 199 Å². The van der Waals surface area contributed by atoms with E-state index >= 15 is 0 Å². The fourth-order valence-corrected chi connectivity index (χ4v) is 4.70. The van der Waals surface area contributed by atoms with E-state index in [-0.39, 0.29) is 23.2 Å². The first-order chi connectivity index (χ1) is 16.5. The number of carbonyl (C=O) groups is 1. The highest BCUT2D eigenvalue weighted by Gasteiger charge is 2.34. The number of esters is 1. The van der Waals surface area contributed by atoms with Gasteiger partial charge in [0.25, 0.3) is 5.56 Å². The summed E-state index contributed by atoms with van der Waals surface area (Å²) >= 11 is 0. The first-order valence-electron chi connectivity index (χ1n) is 11.8. The molecular formula is C27H31N3O4. The van der Waals surface area contributed by atoms with Crippen molar-refractivity contribution in [3.63, 3.8) is 0 Å². The predicted molar refractivity (Wildman–Crippen MR) is 130 cm³/mol. The highest BCUT2D eigenvalue weighted by molar-refractivity contribution is 5.72. The van der Waals surface area contributed by atoms with Crippen LogP contribution < -0.4 is 5.56 Å². The molecule has 3 heterocycles. The van der Waals surface area contributed by atoms with Gasteiger partial charge in [0.15, 0.2) is 0 Å². The zero-order valence-electron chi connectivity index (χ0n) is 19.7. The summed E-state index contributed by atoms with van der Waals surface area (Å²) in [6.07, 6.45) is 2.96. The van der Waals surface area contributed by atoms with Crippen LogP contribution in [0.25, 0.3) is 0 Å². The van der Waals surface area contributed by atoms with E-state index in [4.69, 9.17) is 4.74 Å². The van der Waals surface area contributed by atoms with Gasteiger partial charge in [-0.25, -0.2) is 0 Å². The van der Waals surface area contributed by atoms with Gasteiger partial charge in [-0.05, 0) is 63.5 Å². The molecule has 0 radical (unpaired) electrons. The van der Waals surface area contributed by atoms with E-state index in [0.29, 0.717) is 56.0 Å². The molecule has 7 nitrogen and oxygen atoms in total. The number of pyridine rings is 2. The number of ether oxygens (including phenoxy) is 1. The van der Waals surface area contributed by atoms with Crippen LogP contribution in [-0.2, 0) is 16.1 Å². The van der Waals surface area contributed by atoms with Crippen LogP contribution in [-0.4, -0.2) is 45.2 Å². The molecule has 0 amide bonds. The summed E-state index contributed by atoms with van der Waals surface area (Å²) in [6.45, 7) is 5.61. The number of hydrogen-bond acceptors (Lipinski definition) is 6. The monoisotopic (exact) mass is 461 g/mol. The minimum Gasteiger partial charge on any atom is -0.507 e. The summed E-state index contributed by atoms with van der Waals surface area (Å²) in [4.78, 5) is 32.7. The maximum atomic E-state index is 13.8. The molecule has 1 aliphatic rings. The van der Waals surface area contributed by atoms with E-state index < -0.39 is 6.04 Å². The van der Waals surface area contributed by atoms with Crippen LogP contribution in [0.3, 0.4) is 0 Å². The molecule has 2 aromatic heterocycles. The van der Waals surface area contributed by atoms with Gasteiger partial charge < -0.3 is 14.4 Å². The maximum absolute atomic E-state index is 13.8. The summed E-state index contributed by atoms with van der Waals surface area (Å²) in [5.41, 5.74) is 2.48. The minimum absolute atomic E-state index is 0.0324. The molecule has 1 fully saturated rings. The van der Waals surface area contributed by atoms with Crippen molar-refractivity contribution in [3.05, 3.63) is 93.7 Å². The average molecular weight is 462 g/mol. The SMILES string of the molecule is CCOC(=O)C1CCN([C@@H](c2ccccn2)c2c(O)cc(C)n(Cc3ccccc3)c2=O)CC1. The zero-order chi connectivity index (χ0) is 24.1. The Morgan fingerprint density at radius 3 is 2.50 bits per heavy atom. The van der Waals surface area contributed by atoms with E-state index in [0.717, 1.165) is 5.56 Å². The van der Waals surface area contributed by atoms with E-state index in [2.05, 4.69) is 9.88 Å². The van der Waals surface area contributed by atoms with Crippen LogP contribution in [0.1, 0.15) is 48.3 Å². The lowest BCUT2D eigenvalue weighted by molar-refractivity contribution is -0.149. The van der Waals surface area contributed by atoms with Crippen molar-refractivity contribution in [2.75, 3.05) is 19.7 Å². The zero-order valence-corrected chi connectivity index (χ0v) is 19.7. The van der Waals surface area contributed by atoms with Gasteiger partial charge in [-0.15, -0.1) is 0 Å². The molecule has 0 unspecified atom stereocenters. The van der Waals surface area contributed by atoms with Crippen molar-refractivity contribution in [2.45, 2.75) is 39.3 Å². The van der Waals surface area contributed by atoms with E-state index in [1.54, 1.807) is 16.8 Å². The van der Waals surface area contributed by atoms with Gasteiger partial charge in [-0.3, -0.25) is 19.5 Å². The third kappa shape index (κ3) is 5.04. The van der Waals surface area contributed by atoms with Crippen LogP contribution in [0.2, 0.25) is 0 Å².